The summed E-state index contributed by atoms with van der Waals surface area (Å²) in [5, 5.41) is 0. The summed E-state index contributed by atoms with van der Waals surface area (Å²) in [6, 6.07) is -0.199. The van der Waals surface area contributed by atoms with Crippen LogP contribution in [0.3, 0.4) is 0 Å². The standard InChI is InChI=1S/C30H52NO8.C15H26O4.C9H20O.C3H8.C3H7.C2H6.U/c1-4-6-8-10-12-14-16-37-28(33)18-25(19-29(34)38-17-15-13-11-9-7-5-2)20-30(35)39-27-21-26(23-36-3)31(22-27)24-32;1-2-3-4-5-6-7-12-19-15(18)13-14(8-10-16)9-11-17;1-3-4-5-6-7-8-9-10-2;2*1-3-2;1-2;/h25-27H,4-23H2,1-3H3;10-11,14H,2-9,12-13H2,1H3;3-9H2,1-2H3;3H2,1-2H3;1,3H2,2H3;1-2H3;/q-1;;;;-1;;+2. The number of aldehydes is 2. The largest absolute Gasteiger partial charge is 2.00 e. The van der Waals surface area contributed by atoms with Crippen molar-refractivity contribution in [2.75, 3.05) is 53.8 Å². The van der Waals surface area contributed by atoms with E-state index < -0.39 is 29.9 Å². The predicted octanol–water partition coefficient (Wildman–Crippen LogP) is 15.0. The molecule has 0 aromatic heterocycles. The van der Waals surface area contributed by atoms with Crippen molar-refractivity contribution in [3.63, 3.8) is 0 Å². The van der Waals surface area contributed by atoms with Crippen LogP contribution in [0.25, 0.3) is 0 Å². The second kappa shape index (κ2) is 73.7. The van der Waals surface area contributed by atoms with E-state index in [-0.39, 0.29) is 94.1 Å². The van der Waals surface area contributed by atoms with Gasteiger partial charge in [-0.05, 0) is 37.5 Å². The van der Waals surface area contributed by atoms with Crippen molar-refractivity contribution in [2.24, 2.45) is 11.8 Å². The number of amides is 1. The molecule has 1 amide bonds. The number of methoxy groups -OCH3 is 2. The summed E-state index contributed by atoms with van der Waals surface area (Å²) in [4.78, 5) is 82.6. The molecule has 0 aliphatic carbocycles. The Bertz CT molecular complexity index is 1210. The summed E-state index contributed by atoms with van der Waals surface area (Å²) in [5.41, 5.74) is 0. The van der Waals surface area contributed by atoms with E-state index in [4.69, 9.17) is 28.4 Å². The second-order valence-electron chi connectivity index (χ2n) is 19.5. The molecule has 77 heavy (non-hydrogen) atoms. The van der Waals surface area contributed by atoms with E-state index in [1.165, 1.54) is 114 Å². The van der Waals surface area contributed by atoms with Gasteiger partial charge in [-0.15, -0.1) is 0 Å². The number of hydrogen-bond donors (Lipinski definition) is 0. The zero-order valence-corrected chi connectivity index (χ0v) is 55.7. The Morgan fingerprint density at radius 3 is 1.14 bits per heavy atom. The Morgan fingerprint density at radius 2 is 0.831 bits per heavy atom. The smallest absolute Gasteiger partial charge is 0.520 e. The third kappa shape index (κ3) is 67.9. The van der Waals surface area contributed by atoms with Gasteiger partial charge in [-0.2, -0.15) is 12.8 Å². The SMILES string of the molecule is CC.CCC.CCCCCCCCOC.CCCCCCCCOC(=O)CC(CC(=O)OCCCCCCCC)CC(=O)OC1CC(COC)N([C-]=O)C1.CCCCCCCCOC(=O)CC(CC=O)CC=O.[CH2-]CC.[U+2]. The van der Waals surface area contributed by atoms with Gasteiger partial charge in [-0.25, -0.2) is 0 Å². The molecule has 1 aliphatic heterocycles. The maximum Gasteiger partial charge on any atom is 2.00 e. The Labute approximate surface area is 496 Å². The molecular weight excluding hydrogens is 1200 g/mol. The van der Waals surface area contributed by atoms with Crippen LogP contribution in [0.2, 0.25) is 0 Å². The summed E-state index contributed by atoms with van der Waals surface area (Å²) >= 11 is 0. The predicted molar refractivity (Wildman–Crippen MR) is 311 cm³/mol. The average Bonchev–Trinajstić information content (AvgIpc) is 3.78. The Kier molecular flexibility index (Phi) is 82.2. The molecule has 14 nitrogen and oxygen atoms in total. The monoisotopic (exact) mass is 1320 g/mol. The van der Waals surface area contributed by atoms with E-state index in [1.54, 1.807) is 14.2 Å². The van der Waals surface area contributed by atoms with Crippen LogP contribution in [0.4, 0.5) is 0 Å². The Hall–Kier alpha value is -2.34. The van der Waals surface area contributed by atoms with Crippen molar-refractivity contribution in [3.8, 4) is 0 Å². The molecule has 0 aromatic carbocycles. The van der Waals surface area contributed by atoms with Gasteiger partial charge in [0.2, 0.25) is 0 Å². The van der Waals surface area contributed by atoms with Crippen LogP contribution in [-0.4, -0.2) is 114 Å². The minimum atomic E-state index is -0.573. The summed E-state index contributed by atoms with van der Waals surface area (Å²) in [6.45, 7) is 25.1. The van der Waals surface area contributed by atoms with E-state index in [9.17, 15) is 33.6 Å². The fourth-order valence-electron chi connectivity index (χ4n) is 7.76. The van der Waals surface area contributed by atoms with E-state index in [0.717, 1.165) is 77.0 Å². The van der Waals surface area contributed by atoms with Crippen LogP contribution in [0.5, 0.6) is 0 Å². The van der Waals surface area contributed by atoms with Crippen molar-refractivity contribution in [1.29, 1.82) is 0 Å². The first-order valence-corrected chi connectivity index (χ1v) is 30.4. The van der Waals surface area contributed by atoms with Gasteiger partial charge in [0.05, 0.1) is 26.4 Å². The van der Waals surface area contributed by atoms with Gasteiger partial charge in [0.15, 0.2) is 0 Å². The van der Waals surface area contributed by atoms with Crippen molar-refractivity contribution in [3.05, 3.63) is 6.92 Å². The van der Waals surface area contributed by atoms with Crippen molar-refractivity contribution < 1.29 is 93.1 Å². The van der Waals surface area contributed by atoms with Crippen molar-refractivity contribution >= 4 is 42.9 Å². The molecule has 0 radical (unpaired) electrons. The van der Waals surface area contributed by atoms with Gasteiger partial charge in [0, 0.05) is 78.4 Å². The van der Waals surface area contributed by atoms with Gasteiger partial charge < -0.3 is 54.6 Å². The third-order valence-corrected chi connectivity index (χ3v) is 11.8. The zero-order valence-electron chi connectivity index (χ0n) is 51.5. The van der Waals surface area contributed by atoms with Gasteiger partial charge in [-0.1, -0.05) is 197 Å². The van der Waals surface area contributed by atoms with Crippen molar-refractivity contribution in [1.82, 2.24) is 4.90 Å². The number of nitrogens with zero attached hydrogens (tertiary/aromatic N) is 1. The maximum absolute atomic E-state index is 12.7. The summed E-state index contributed by atoms with van der Waals surface area (Å²) in [6.07, 6.45) is 34.0. The number of unbranched alkanes of at least 4 members (excludes halogenated alkanes) is 20. The van der Waals surface area contributed by atoms with E-state index >= 15 is 0 Å². The minimum absolute atomic E-state index is 0. The van der Waals surface area contributed by atoms with Crippen LogP contribution in [0.15, 0.2) is 0 Å². The number of rotatable bonds is 44. The fraction of sp³-hybridized carbons (Fsp3) is 0.871. The van der Waals surface area contributed by atoms with Crippen LogP contribution < -0.4 is 0 Å². The summed E-state index contributed by atoms with van der Waals surface area (Å²) in [7, 11) is 3.32. The molecule has 2 atom stereocenters. The first kappa shape index (κ1) is 85.9. The normalized spacial score (nSPS) is 13.0. The quantitative estimate of drug-likeness (QED) is 0.0185. The number of carbonyl (C=O) groups excluding carboxylic acids is 7. The number of hydrogen-bond acceptors (Lipinski definition) is 13. The van der Waals surface area contributed by atoms with E-state index in [2.05, 4.69) is 48.5 Å². The molecule has 1 rings (SSSR count). The zero-order chi connectivity index (χ0) is 58.1. The minimum Gasteiger partial charge on any atom is -0.520 e. The molecule has 1 heterocycles. The third-order valence-electron chi connectivity index (χ3n) is 11.8. The molecule has 2 unspecified atom stereocenters. The summed E-state index contributed by atoms with van der Waals surface area (Å²) in [5.74, 6) is -2.44. The van der Waals surface area contributed by atoms with Crippen LogP contribution in [-0.2, 0) is 62.0 Å². The molecule has 0 spiro atoms. The second-order valence-corrected chi connectivity index (χ2v) is 19.5. The van der Waals surface area contributed by atoms with E-state index in [1.807, 2.05) is 27.2 Å². The molecule has 15 heteroatoms. The first-order valence-electron chi connectivity index (χ1n) is 30.4. The number of ether oxygens (including phenoxy) is 6. The number of likely N-dealkylation sites (tertiary alicyclic amines) is 1. The van der Waals surface area contributed by atoms with Gasteiger partial charge >= 0.3 is 55.0 Å². The molecular formula is C62H119NO13U. The topological polar surface area (TPSA) is 178 Å². The Morgan fingerprint density at radius 1 is 0.519 bits per heavy atom. The molecule has 0 saturated carbocycles. The van der Waals surface area contributed by atoms with Crippen molar-refractivity contribution in [2.45, 2.75) is 286 Å². The summed E-state index contributed by atoms with van der Waals surface area (Å²) < 4.78 is 31.5. The molecule has 454 valence electrons. The number of carbonyl (C=O) groups is 6. The number of esters is 4. The van der Waals surface area contributed by atoms with Gasteiger partial charge in [0.1, 0.15) is 18.7 Å². The first-order chi connectivity index (χ1) is 36.9. The van der Waals surface area contributed by atoms with Crippen LogP contribution in [0, 0.1) is 49.9 Å². The van der Waals surface area contributed by atoms with Crippen LogP contribution >= 0.6 is 0 Å². The van der Waals surface area contributed by atoms with Gasteiger partial charge in [0.25, 0.3) is 0 Å². The maximum atomic E-state index is 12.7. The molecule has 0 N–H and O–H groups in total. The average molecular weight is 1320 g/mol. The van der Waals surface area contributed by atoms with Gasteiger partial charge in [-0.3, -0.25) is 19.2 Å². The Balaban J connectivity index is -0.000000273. The fourth-order valence-corrected chi connectivity index (χ4v) is 7.76. The molecule has 1 saturated heterocycles. The molecule has 1 fully saturated rings. The van der Waals surface area contributed by atoms with E-state index in [0.29, 0.717) is 32.8 Å². The van der Waals surface area contributed by atoms with Crippen LogP contribution in [0.1, 0.15) is 274 Å². The molecule has 0 aromatic rings. The molecule has 0 bridgehead atoms. The molecule has 1 aliphatic rings.